The van der Waals surface area contributed by atoms with Crippen LogP contribution in [0.4, 0.5) is 15.9 Å². The van der Waals surface area contributed by atoms with Gasteiger partial charge in [0.05, 0.1) is 6.20 Å². The van der Waals surface area contributed by atoms with Crippen molar-refractivity contribution in [2.24, 2.45) is 0 Å². The van der Waals surface area contributed by atoms with Crippen molar-refractivity contribution in [3.8, 4) is 5.75 Å². The van der Waals surface area contributed by atoms with E-state index in [1.165, 1.54) is 0 Å². The molecule has 3 rings (SSSR count). The molecule has 1 aromatic carbocycles. The van der Waals surface area contributed by atoms with Gasteiger partial charge in [0, 0.05) is 23.7 Å². The summed E-state index contributed by atoms with van der Waals surface area (Å²) in [6.07, 6.45) is 1.79. The molecule has 1 atom stereocenters. The second-order valence-electron chi connectivity index (χ2n) is 4.48. The lowest BCUT2D eigenvalue weighted by Crippen LogP contribution is -2.20. The maximum Gasteiger partial charge on any atom is 0.224 e. The predicted molar refractivity (Wildman–Crippen MR) is 71.6 cm³/mol. The van der Waals surface area contributed by atoms with Crippen molar-refractivity contribution in [1.82, 2.24) is 9.97 Å². The van der Waals surface area contributed by atoms with Gasteiger partial charge in [-0.3, -0.25) is 0 Å². The summed E-state index contributed by atoms with van der Waals surface area (Å²) in [5.74, 6) is 0.0293. The smallest absolute Gasteiger partial charge is 0.224 e. The van der Waals surface area contributed by atoms with Crippen molar-refractivity contribution in [1.29, 1.82) is 0 Å². The van der Waals surface area contributed by atoms with Gasteiger partial charge in [0.15, 0.2) is 17.4 Å². The largest absolute Gasteiger partial charge is 0.338 e. The number of aromatic nitrogens is 2. The van der Waals surface area contributed by atoms with Gasteiger partial charge in [-0.2, -0.15) is 9.87 Å². The Morgan fingerprint density at radius 1 is 1.45 bits per heavy atom. The molecule has 1 unspecified atom stereocenters. The van der Waals surface area contributed by atoms with Crippen molar-refractivity contribution in [2.75, 3.05) is 5.32 Å². The number of nitrogens with zero attached hydrogens (tertiary/aromatic N) is 2. The van der Waals surface area contributed by atoms with E-state index >= 15 is 0 Å². The first-order chi connectivity index (χ1) is 9.61. The topological polar surface area (TPSA) is 56.3 Å². The lowest BCUT2D eigenvalue weighted by Gasteiger charge is -2.21. The van der Waals surface area contributed by atoms with Gasteiger partial charge < -0.3 is 10.2 Å². The summed E-state index contributed by atoms with van der Waals surface area (Å²) in [5.41, 5.74) is 1.66. The summed E-state index contributed by atoms with van der Waals surface area (Å²) in [4.78, 5) is 17.6. The predicted octanol–water partition coefficient (Wildman–Crippen LogP) is 3.27. The van der Waals surface area contributed by atoms with Crippen molar-refractivity contribution >= 4 is 23.1 Å². The minimum Gasteiger partial charge on any atom is -0.338 e. The summed E-state index contributed by atoms with van der Waals surface area (Å²) in [6.45, 7) is 1.92. The zero-order valence-corrected chi connectivity index (χ0v) is 11.3. The van der Waals surface area contributed by atoms with Gasteiger partial charge in [-0.05, 0) is 24.6 Å². The van der Waals surface area contributed by atoms with Crippen molar-refractivity contribution in [3.05, 3.63) is 41.1 Å². The van der Waals surface area contributed by atoms with E-state index in [1.807, 2.05) is 19.1 Å². The normalized spacial score (nSPS) is 17.2. The van der Waals surface area contributed by atoms with Gasteiger partial charge in [-0.15, -0.1) is 0 Å². The van der Waals surface area contributed by atoms with E-state index in [-0.39, 0.29) is 17.2 Å². The zero-order chi connectivity index (χ0) is 14.1. The first-order valence-electron chi connectivity index (χ1n) is 6.03. The number of rotatable bonds is 2. The Morgan fingerprint density at radius 2 is 2.30 bits per heavy atom. The lowest BCUT2D eigenvalue weighted by atomic mass is 10.1. The maximum absolute atomic E-state index is 13.5. The van der Waals surface area contributed by atoms with Crippen LogP contribution in [0.2, 0.25) is 5.28 Å². The van der Waals surface area contributed by atoms with Crippen molar-refractivity contribution < 1.29 is 14.2 Å². The number of fused-ring (bicyclic) bond motifs is 1. The van der Waals surface area contributed by atoms with Crippen molar-refractivity contribution in [3.63, 3.8) is 0 Å². The first-order valence-corrected chi connectivity index (χ1v) is 6.41. The van der Waals surface area contributed by atoms with Crippen LogP contribution in [0.15, 0.2) is 24.4 Å². The molecule has 2 heterocycles. The number of benzene rings is 1. The highest BCUT2D eigenvalue weighted by molar-refractivity contribution is 6.28. The SMILES string of the molecule is CC1Cc2ccc(Nc3nc(Cl)ncc3F)cc2OO1. The number of halogens is 2. The van der Waals surface area contributed by atoms with Gasteiger partial charge in [-0.1, -0.05) is 6.07 Å². The molecule has 7 heteroatoms. The third kappa shape index (κ3) is 2.66. The van der Waals surface area contributed by atoms with Crippen LogP contribution in [0.3, 0.4) is 0 Å². The minimum absolute atomic E-state index is 0.00930. The number of anilines is 2. The third-order valence-corrected chi connectivity index (χ3v) is 3.04. The van der Waals surface area contributed by atoms with Gasteiger partial charge in [0.1, 0.15) is 6.10 Å². The van der Waals surface area contributed by atoms with Gasteiger partial charge >= 0.3 is 0 Å². The molecule has 0 fully saturated rings. The van der Waals surface area contributed by atoms with Gasteiger partial charge in [-0.25, -0.2) is 9.37 Å². The fraction of sp³-hybridized carbons (Fsp3) is 0.231. The summed E-state index contributed by atoms with van der Waals surface area (Å²) in [6, 6.07) is 5.43. The van der Waals surface area contributed by atoms with E-state index in [4.69, 9.17) is 21.4 Å². The Kier molecular flexibility index (Phi) is 3.42. The first kappa shape index (κ1) is 13.1. The van der Waals surface area contributed by atoms with E-state index in [9.17, 15) is 4.39 Å². The van der Waals surface area contributed by atoms with Crippen LogP contribution in [0, 0.1) is 5.82 Å². The highest BCUT2D eigenvalue weighted by atomic mass is 35.5. The van der Waals surface area contributed by atoms with Crippen LogP contribution in [0.25, 0.3) is 0 Å². The van der Waals surface area contributed by atoms with Gasteiger partial charge in [0.25, 0.3) is 0 Å². The summed E-state index contributed by atoms with van der Waals surface area (Å²) >= 11 is 5.64. The van der Waals surface area contributed by atoms with E-state index in [0.717, 1.165) is 18.2 Å². The molecule has 0 aliphatic carbocycles. The zero-order valence-electron chi connectivity index (χ0n) is 10.6. The molecule has 0 saturated carbocycles. The quantitative estimate of drug-likeness (QED) is 0.681. The molecule has 0 spiro atoms. The van der Waals surface area contributed by atoms with Crippen LogP contribution in [0.1, 0.15) is 12.5 Å². The van der Waals surface area contributed by atoms with E-state index in [0.29, 0.717) is 11.4 Å². The lowest BCUT2D eigenvalue weighted by molar-refractivity contribution is -0.249. The standard InChI is InChI=1S/C13H11ClFN3O2/c1-7-4-8-2-3-9(5-11(8)20-19-7)17-12-10(15)6-16-13(14)18-12/h2-3,5-7H,4H2,1H3,(H,16,17,18). The fourth-order valence-corrected chi connectivity index (χ4v) is 2.06. The minimum atomic E-state index is -0.585. The van der Waals surface area contributed by atoms with E-state index in [2.05, 4.69) is 15.3 Å². The molecule has 20 heavy (non-hydrogen) atoms. The Bertz CT molecular complexity index is 654. The second kappa shape index (κ2) is 5.22. The van der Waals surface area contributed by atoms with Gasteiger partial charge in [0.2, 0.25) is 5.28 Å². The van der Waals surface area contributed by atoms with Crippen LogP contribution >= 0.6 is 11.6 Å². The molecule has 0 amide bonds. The highest BCUT2D eigenvalue weighted by Crippen LogP contribution is 2.30. The Labute approximate surface area is 119 Å². The average molecular weight is 296 g/mol. The van der Waals surface area contributed by atoms with Crippen LogP contribution in [-0.2, 0) is 11.3 Å². The molecule has 0 saturated heterocycles. The summed E-state index contributed by atoms with van der Waals surface area (Å²) in [7, 11) is 0. The average Bonchev–Trinajstić information content (AvgIpc) is 2.43. The molecular weight excluding hydrogens is 285 g/mol. The van der Waals surface area contributed by atoms with Crippen LogP contribution in [0.5, 0.6) is 5.75 Å². The molecular formula is C13H11ClFN3O2. The maximum atomic E-state index is 13.5. The van der Waals surface area contributed by atoms with Crippen LogP contribution in [-0.4, -0.2) is 16.1 Å². The Hall–Kier alpha value is -1.92. The molecule has 1 N–H and O–H groups in total. The molecule has 0 radical (unpaired) electrons. The van der Waals surface area contributed by atoms with E-state index in [1.54, 1.807) is 6.07 Å². The Balaban J connectivity index is 1.86. The highest BCUT2D eigenvalue weighted by Gasteiger charge is 2.18. The molecule has 0 bridgehead atoms. The molecule has 2 aromatic rings. The van der Waals surface area contributed by atoms with E-state index < -0.39 is 5.82 Å². The summed E-state index contributed by atoms with van der Waals surface area (Å²) in [5, 5.41) is 2.80. The third-order valence-electron chi connectivity index (χ3n) is 2.85. The molecule has 1 aliphatic rings. The Morgan fingerprint density at radius 3 is 3.15 bits per heavy atom. The molecule has 1 aliphatic heterocycles. The second-order valence-corrected chi connectivity index (χ2v) is 4.82. The molecule has 104 valence electrons. The van der Waals surface area contributed by atoms with Crippen molar-refractivity contribution in [2.45, 2.75) is 19.4 Å². The number of hydrogen-bond acceptors (Lipinski definition) is 5. The fourth-order valence-electron chi connectivity index (χ4n) is 1.93. The number of nitrogens with one attached hydrogen (secondary N) is 1. The number of hydrogen-bond donors (Lipinski definition) is 1. The molecule has 1 aromatic heterocycles. The molecule has 5 nitrogen and oxygen atoms in total. The van der Waals surface area contributed by atoms with Crippen LogP contribution < -0.4 is 10.2 Å². The monoisotopic (exact) mass is 295 g/mol. The summed E-state index contributed by atoms with van der Waals surface area (Å²) < 4.78 is 13.5.